The number of hydrogen-bond acceptors (Lipinski definition) is 3. The van der Waals surface area contributed by atoms with Crippen molar-refractivity contribution in [3.8, 4) is 0 Å². The van der Waals surface area contributed by atoms with Crippen LogP contribution in [0.2, 0.25) is 0 Å². The van der Waals surface area contributed by atoms with Gasteiger partial charge in [-0.15, -0.1) is 0 Å². The molecule has 0 saturated carbocycles. The maximum Gasteiger partial charge on any atom is 0.317 e. The first-order valence-corrected chi connectivity index (χ1v) is 6.69. The fourth-order valence-electron chi connectivity index (χ4n) is 1.81. The summed E-state index contributed by atoms with van der Waals surface area (Å²) in [5, 5.41) is 9.49. The number of aryl methyl sites for hydroxylation is 1. The number of rotatable bonds is 4. The van der Waals surface area contributed by atoms with Crippen LogP contribution in [0.25, 0.3) is 11.0 Å². The van der Waals surface area contributed by atoms with Crippen LogP contribution in [0, 0.1) is 5.92 Å². The van der Waals surface area contributed by atoms with Crippen LogP contribution in [-0.4, -0.2) is 25.9 Å². The lowest BCUT2D eigenvalue weighted by Gasteiger charge is -2.14. The molecule has 1 heterocycles. The number of carboxylic acids is 1. The summed E-state index contributed by atoms with van der Waals surface area (Å²) < 4.78 is 1.94. The van der Waals surface area contributed by atoms with Gasteiger partial charge in [-0.05, 0) is 18.1 Å². The molecule has 0 radical (unpaired) electrons. The second-order valence-corrected chi connectivity index (χ2v) is 5.67. The number of para-hydroxylation sites is 2. The summed E-state index contributed by atoms with van der Waals surface area (Å²) in [5.74, 6) is -0.727. The number of imidazole rings is 1. The predicted molar refractivity (Wildman–Crippen MR) is 72.8 cm³/mol. The molecule has 0 fully saturated rings. The van der Waals surface area contributed by atoms with Gasteiger partial charge >= 0.3 is 5.97 Å². The Kier molecular flexibility index (Phi) is 3.61. The minimum absolute atomic E-state index is 0.0623. The maximum absolute atomic E-state index is 11.2. The molecule has 4 nitrogen and oxygen atoms in total. The fraction of sp³-hybridized carbons (Fsp3) is 0.385. The second kappa shape index (κ2) is 5.02. The van der Waals surface area contributed by atoms with E-state index >= 15 is 0 Å². The van der Waals surface area contributed by atoms with Gasteiger partial charge in [-0.3, -0.25) is 4.79 Å². The number of thioether (sulfide) groups is 1. The third-order valence-electron chi connectivity index (χ3n) is 2.83. The zero-order valence-corrected chi connectivity index (χ0v) is 11.4. The SMILES string of the molecule is CC(C)C(Sc1nc2ccccc2n1C)C(=O)O. The summed E-state index contributed by atoms with van der Waals surface area (Å²) in [6, 6.07) is 7.80. The van der Waals surface area contributed by atoms with Crippen LogP contribution in [-0.2, 0) is 11.8 Å². The molecule has 1 aromatic heterocycles. The molecule has 0 aliphatic carbocycles. The van der Waals surface area contributed by atoms with E-state index in [-0.39, 0.29) is 5.92 Å². The molecule has 5 heteroatoms. The van der Waals surface area contributed by atoms with Crippen molar-refractivity contribution in [1.29, 1.82) is 0 Å². The molecule has 2 rings (SSSR count). The summed E-state index contributed by atoms with van der Waals surface area (Å²) in [5.41, 5.74) is 1.92. The van der Waals surface area contributed by atoms with E-state index < -0.39 is 11.2 Å². The largest absolute Gasteiger partial charge is 0.480 e. The molecule has 1 atom stereocenters. The Balaban J connectivity index is 2.36. The molecular formula is C13H16N2O2S. The van der Waals surface area contributed by atoms with E-state index in [1.807, 2.05) is 49.7 Å². The highest BCUT2D eigenvalue weighted by Gasteiger charge is 2.25. The minimum atomic E-state index is -0.790. The number of carbonyl (C=O) groups is 1. The van der Waals surface area contributed by atoms with Crippen LogP contribution < -0.4 is 0 Å². The van der Waals surface area contributed by atoms with Gasteiger partial charge in [-0.1, -0.05) is 37.7 Å². The van der Waals surface area contributed by atoms with Crippen LogP contribution in [0.4, 0.5) is 0 Å². The van der Waals surface area contributed by atoms with Crippen molar-refractivity contribution in [2.45, 2.75) is 24.3 Å². The molecule has 0 aliphatic heterocycles. The molecule has 0 spiro atoms. The van der Waals surface area contributed by atoms with Crippen molar-refractivity contribution in [3.05, 3.63) is 24.3 Å². The van der Waals surface area contributed by atoms with E-state index in [0.29, 0.717) is 0 Å². The average Bonchev–Trinajstić information content (AvgIpc) is 2.63. The molecular weight excluding hydrogens is 248 g/mol. The van der Waals surface area contributed by atoms with Gasteiger partial charge < -0.3 is 9.67 Å². The lowest BCUT2D eigenvalue weighted by atomic mass is 10.1. The molecule has 1 unspecified atom stereocenters. The van der Waals surface area contributed by atoms with E-state index in [1.165, 1.54) is 11.8 Å². The first-order valence-electron chi connectivity index (χ1n) is 5.81. The van der Waals surface area contributed by atoms with Gasteiger partial charge in [0.15, 0.2) is 5.16 Å². The number of aromatic nitrogens is 2. The van der Waals surface area contributed by atoms with Gasteiger partial charge in [0.05, 0.1) is 11.0 Å². The second-order valence-electron chi connectivity index (χ2n) is 4.56. The zero-order chi connectivity index (χ0) is 13.3. The first kappa shape index (κ1) is 13.0. The molecule has 96 valence electrons. The molecule has 0 amide bonds. The Hall–Kier alpha value is -1.49. The zero-order valence-electron chi connectivity index (χ0n) is 10.6. The quantitative estimate of drug-likeness (QED) is 0.863. The van der Waals surface area contributed by atoms with Gasteiger partial charge in [0.1, 0.15) is 5.25 Å². The fourth-order valence-corrected chi connectivity index (χ4v) is 2.82. The Morgan fingerprint density at radius 2 is 2.06 bits per heavy atom. The number of aliphatic carboxylic acids is 1. The van der Waals surface area contributed by atoms with E-state index in [9.17, 15) is 9.90 Å². The lowest BCUT2D eigenvalue weighted by molar-refractivity contribution is -0.137. The monoisotopic (exact) mass is 264 g/mol. The van der Waals surface area contributed by atoms with Gasteiger partial charge in [0.25, 0.3) is 0 Å². The van der Waals surface area contributed by atoms with Crippen LogP contribution in [0.1, 0.15) is 13.8 Å². The topological polar surface area (TPSA) is 55.1 Å². The summed E-state index contributed by atoms with van der Waals surface area (Å²) in [4.78, 5) is 15.7. The average molecular weight is 264 g/mol. The van der Waals surface area contributed by atoms with Crippen molar-refractivity contribution >= 4 is 28.8 Å². The molecule has 2 aromatic rings. The van der Waals surface area contributed by atoms with Crippen LogP contribution in [0.5, 0.6) is 0 Å². The Morgan fingerprint density at radius 1 is 1.39 bits per heavy atom. The van der Waals surface area contributed by atoms with Crippen LogP contribution >= 0.6 is 11.8 Å². The van der Waals surface area contributed by atoms with Gasteiger partial charge in [0.2, 0.25) is 0 Å². The normalized spacial score (nSPS) is 13.1. The van der Waals surface area contributed by atoms with Crippen LogP contribution in [0.15, 0.2) is 29.4 Å². The predicted octanol–water partition coefficient (Wildman–Crippen LogP) is 2.77. The third kappa shape index (κ3) is 2.36. The molecule has 1 N–H and O–H groups in total. The Bertz CT molecular complexity index is 577. The van der Waals surface area contributed by atoms with Crippen molar-refractivity contribution < 1.29 is 9.90 Å². The molecule has 1 aromatic carbocycles. The molecule has 0 aliphatic rings. The number of hydrogen-bond donors (Lipinski definition) is 1. The standard InChI is InChI=1S/C13H16N2O2S/c1-8(2)11(12(16)17)18-13-14-9-6-4-5-7-10(9)15(13)3/h4-8,11H,1-3H3,(H,16,17). The summed E-state index contributed by atoms with van der Waals surface area (Å²) >= 11 is 1.31. The smallest absolute Gasteiger partial charge is 0.317 e. The van der Waals surface area contributed by atoms with E-state index in [0.717, 1.165) is 16.2 Å². The number of nitrogens with zero attached hydrogens (tertiary/aromatic N) is 2. The molecule has 0 saturated heterocycles. The van der Waals surface area contributed by atoms with Gasteiger partial charge in [-0.25, -0.2) is 4.98 Å². The van der Waals surface area contributed by atoms with Gasteiger partial charge in [0, 0.05) is 7.05 Å². The van der Waals surface area contributed by atoms with Crippen molar-refractivity contribution in [1.82, 2.24) is 9.55 Å². The highest BCUT2D eigenvalue weighted by Crippen LogP contribution is 2.29. The number of carboxylic acid groups (broad SMARTS) is 1. The van der Waals surface area contributed by atoms with E-state index in [2.05, 4.69) is 4.98 Å². The summed E-state index contributed by atoms with van der Waals surface area (Å²) in [6.07, 6.45) is 0. The van der Waals surface area contributed by atoms with Gasteiger partial charge in [-0.2, -0.15) is 0 Å². The molecule has 0 bridgehead atoms. The number of benzene rings is 1. The molecule has 18 heavy (non-hydrogen) atoms. The van der Waals surface area contributed by atoms with Crippen molar-refractivity contribution in [2.24, 2.45) is 13.0 Å². The maximum atomic E-state index is 11.2. The minimum Gasteiger partial charge on any atom is -0.480 e. The highest BCUT2D eigenvalue weighted by molar-refractivity contribution is 8.00. The summed E-state index contributed by atoms with van der Waals surface area (Å²) in [7, 11) is 1.91. The van der Waals surface area contributed by atoms with E-state index in [1.54, 1.807) is 0 Å². The lowest BCUT2D eigenvalue weighted by Crippen LogP contribution is -2.22. The Labute approximate surface area is 110 Å². The highest BCUT2D eigenvalue weighted by atomic mass is 32.2. The Morgan fingerprint density at radius 3 is 2.61 bits per heavy atom. The first-order chi connectivity index (χ1) is 8.50. The number of fused-ring (bicyclic) bond motifs is 1. The third-order valence-corrected chi connectivity index (χ3v) is 4.40. The van der Waals surface area contributed by atoms with Crippen molar-refractivity contribution in [3.63, 3.8) is 0 Å². The van der Waals surface area contributed by atoms with E-state index in [4.69, 9.17) is 0 Å². The van der Waals surface area contributed by atoms with Crippen LogP contribution in [0.3, 0.4) is 0 Å². The summed E-state index contributed by atoms with van der Waals surface area (Å²) in [6.45, 7) is 3.82. The van der Waals surface area contributed by atoms with Crippen molar-refractivity contribution in [2.75, 3.05) is 0 Å².